The lowest BCUT2D eigenvalue weighted by molar-refractivity contribution is -0.116. The number of hydrogen-bond donors (Lipinski definition) is 2. The molecule has 5 rings (SSSR count). The van der Waals surface area contributed by atoms with Gasteiger partial charge in [-0.1, -0.05) is 48.9 Å². The molecule has 1 unspecified atom stereocenters. The topological polar surface area (TPSA) is 57.8 Å². The maximum Gasteiger partial charge on any atom is 0.226 e. The van der Waals surface area contributed by atoms with Crippen LogP contribution in [0.2, 0.25) is 0 Å². The summed E-state index contributed by atoms with van der Waals surface area (Å²) in [6.07, 6.45) is 4.19. The zero-order chi connectivity index (χ0) is 16.1. The fraction of sp³-hybridized carbons (Fsp3) is 0.300. The molecule has 0 radical (unpaired) electrons. The first-order valence-electron chi connectivity index (χ1n) is 8.67. The first-order chi connectivity index (χ1) is 11.8. The molecule has 4 heteroatoms. The quantitative estimate of drug-likeness (QED) is 0.740. The second-order valence-electron chi connectivity index (χ2n) is 6.90. The maximum atomic E-state index is 12.2. The Bertz CT molecular complexity index is 934. The third kappa shape index (κ3) is 1.99. The number of aromatic nitrogens is 2. The van der Waals surface area contributed by atoms with E-state index in [1.807, 2.05) is 0 Å². The summed E-state index contributed by atoms with van der Waals surface area (Å²) in [6.45, 7) is 0. The van der Waals surface area contributed by atoms with Crippen LogP contribution in [0.15, 0.2) is 42.5 Å². The van der Waals surface area contributed by atoms with Crippen molar-refractivity contribution in [2.75, 3.05) is 5.32 Å². The third-order valence-electron chi connectivity index (χ3n) is 5.54. The Morgan fingerprint density at radius 3 is 2.71 bits per heavy atom. The number of nitrogens with zero attached hydrogens (tertiary/aromatic N) is 1. The second kappa shape index (κ2) is 5.20. The molecule has 1 aliphatic heterocycles. The predicted molar refractivity (Wildman–Crippen MR) is 94.2 cm³/mol. The molecule has 0 bridgehead atoms. The zero-order valence-electron chi connectivity index (χ0n) is 13.4. The SMILES string of the molecule is O=C1CC(c2cccc3ccccc23)c2c(n[nH]c2C2CCC2)N1. The van der Waals surface area contributed by atoms with Gasteiger partial charge in [0.2, 0.25) is 5.91 Å². The van der Waals surface area contributed by atoms with Crippen molar-refractivity contribution in [3.8, 4) is 0 Å². The molecule has 1 aliphatic carbocycles. The van der Waals surface area contributed by atoms with E-state index in [2.05, 4.69) is 58.0 Å². The summed E-state index contributed by atoms with van der Waals surface area (Å²) < 4.78 is 0. The highest BCUT2D eigenvalue weighted by Gasteiger charge is 2.35. The fourth-order valence-electron chi connectivity index (χ4n) is 4.11. The van der Waals surface area contributed by atoms with Gasteiger partial charge in [-0.25, -0.2) is 0 Å². The Kier molecular flexibility index (Phi) is 2.98. The molecule has 1 aromatic heterocycles. The van der Waals surface area contributed by atoms with E-state index in [0.29, 0.717) is 12.3 Å². The fourth-order valence-corrected chi connectivity index (χ4v) is 4.11. The van der Waals surface area contributed by atoms with E-state index in [-0.39, 0.29) is 11.8 Å². The van der Waals surface area contributed by atoms with E-state index in [0.717, 1.165) is 5.82 Å². The minimum absolute atomic E-state index is 0.0482. The van der Waals surface area contributed by atoms with Crippen molar-refractivity contribution in [1.82, 2.24) is 10.2 Å². The van der Waals surface area contributed by atoms with Crippen LogP contribution in [-0.2, 0) is 4.79 Å². The van der Waals surface area contributed by atoms with Crippen molar-refractivity contribution in [3.63, 3.8) is 0 Å². The van der Waals surface area contributed by atoms with Gasteiger partial charge in [-0.05, 0) is 29.2 Å². The molecule has 4 nitrogen and oxygen atoms in total. The van der Waals surface area contributed by atoms with E-state index >= 15 is 0 Å². The van der Waals surface area contributed by atoms with Gasteiger partial charge in [-0.2, -0.15) is 5.10 Å². The molecule has 2 N–H and O–H groups in total. The van der Waals surface area contributed by atoms with Crippen LogP contribution in [0.5, 0.6) is 0 Å². The van der Waals surface area contributed by atoms with Crippen LogP contribution in [0.25, 0.3) is 10.8 Å². The molecule has 0 spiro atoms. The van der Waals surface area contributed by atoms with Gasteiger partial charge in [0.1, 0.15) is 0 Å². The molecule has 120 valence electrons. The van der Waals surface area contributed by atoms with E-state index in [1.165, 1.54) is 46.9 Å². The molecule has 1 fully saturated rings. The highest BCUT2D eigenvalue weighted by atomic mass is 16.1. The average molecular weight is 317 g/mol. The highest BCUT2D eigenvalue weighted by molar-refractivity contribution is 5.96. The Balaban J connectivity index is 1.71. The van der Waals surface area contributed by atoms with Crippen molar-refractivity contribution < 1.29 is 4.79 Å². The molecule has 24 heavy (non-hydrogen) atoms. The average Bonchev–Trinajstić information content (AvgIpc) is 2.95. The number of rotatable bonds is 2. The van der Waals surface area contributed by atoms with Crippen molar-refractivity contribution in [2.24, 2.45) is 0 Å². The minimum atomic E-state index is 0.0482. The number of benzene rings is 2. The molecule has 2 aromatic carbocycles. The molecule has 2 heterocycles. The van der Waals surface area contributed by atoms with Crippen LogP contribution < -0.4 is 5.32 Å². The van der Waals surface area contributed by atoms with Crippen LogP contribution in [0.4, 0.5) is 5.82 Å². The van der Waals surface area contributed by atoms with Gasteiger partial charge >= 0.3 is 0 Å². The number of carbonyl (C=O) groups excluding carboxylic acids is 1. The van der Waals surface area contributed by atoms with E-state index in [9.17, 15) is 4.79 Å². The first-order valence-corrected chi connectivity index (χ1v) is 8.67. The third-order valence-corrected chi connectivity index (χ3v) is 5.54. The van der Waals surface area contributed by atoms with Crippen LogP contribution in [0.3, 0.4) is 0 Å². The largest absolute Gasteiger partial charge is 0.309 e. The van der Waals surface area contributed by atoms with Gasteiger partial charge in [0.05, 0.1) is 0 Å². The molecular formula is C20H19N3O. The maximum absolute atomic E-state index is 12.2. The standard InChI is InChI=1S/C20H19N3O/c24-17-11-16(15-10-4-6-12-5-1-2-9-14(12)15)18-19(13-7-3-8-13)22-23-20(18)21-17/h1-2,4-6,9-10,13,16H,3,7-8,11H2,(H2,21,22,23,24). The first kappa shape index (κ1) is 13.8. The second-order valence-corrected chi connectivity index (χ2v) is 6.90. The summed E-state index contributed by atoms with van der Waals surface area (Å²) in [5.41, 5.74) is 3.66. The van der Waals surface area contributed by atoms with Gasteiger partial charge in [-0.15, -0.1) is 0 Å². The number of anilines is 1. The molecule has 1 saturated carbocycles. The summed E-state index contributed by atoms with van der Waals surface area (Å²) in [5, 5.41) is 13.0. The molecule has 2 aliphatic rings. The smallest absolute Gasteiger partial charge is 0.226 e. The number of nitrogens with one attached hydrogen (secondary N) is 2. The van der Waals surface area contributed by atoms with Crippen LogP contribution in [0, 0.1) is 0 Å². The van der Waals surface area contributed by atoms with E-state index < -0.39 is 0 Å². The number of carbonyl (C=O) groups is 1. The highest BCUT2D eigenvalue weighted by Crippen LogP contribution is 2.46. The normalized spacial score (nSPS) is 20.5. The van der Waals surface area contributed by atoms with Crippen molar-refractivity contribution >= 4 is 22.5 Å². The minimum Gasteiger partial charge on any atom is -0.309 e. The summed E-state index contributed by atoms with van der Waals surface area (Å²) in [4.78, 5) is 12.2. The zero-order valence-corrected chi connectivity index (χ0v) is 13.4. The Labute approximate surface area is 140 Å². The van der Waals surface area contributed by atoms with Gasteiger partial charge < -0.3 is 5.32 Å². The molecule has 3 aromatic rings. The Hall–Kier alpha value is -2.62. The molecule has 0 saturated heterocycles. The number of H-pyrrole nitrogens is 1. The number of hydrogen-bond acceptors (Lipinski definition) is 2. The van der Waals surface area contributed by atoms with E-state index in [1.54, 1.807) is 0 Å². The van der Waals surface area contributed by atoms with Gasteiger partial charge in [0.25, 0.3) is 0 Å². The van der Waals surface area contributed by atoms with Crippen molar-refractivity contribution in [3.05, 3.63) is 59.3 Å². The number of fused-ring (bicyclic) bond motifs is 2. The number of aromatic amines is 1. The van der Waals surface area contributed by atoms with Crippen LogP contribution in [0.1, 0.15) is 54.3 Å². The van der Waals surface area contributed by atoms with Crippen molar-refractivity contribution in [2.45, 2.75) is 37.5 Å². The van der Waals surface area contributed by atoms with Crippen molar-refractivity contribution in [1.29, 1.82) is 0 Å². The Morgan fingerprint density at radius 1 is 1.04 bits per heavy atom. The summed E-state index contributed by atoms with van der Waals surface area (Å²) in [6, 6.07) is 14.8. The van der Waals surface area contributed by atoms with Gasteiger partial charge in [-0.3, -0.25) is 9.89 Å². The van der Waals surface area contributed by atoms with Gasteiger partial charge in [0, 0.05) is 29.5 Å². The molecule has 1 amide bonds. The summed E-state index contributed by atoms with van der Waals surface area (Å²) in [5.74, 6) is 1.42. The summed E-state index contributed by atoms with van der Waals surface area (Å²) in [7, 11) is 0. The Morgan fingerprint density at radius 2 is 1.88 bits per heavy atom. The molecule has 1 atom stereocenters. The summed E-state index contributed by atoms with van der Waals surface area (Å²) >= 11 is 0. The lowest BCUT2D eigenvalue weighted by atomic mass is 9.76. The lowest BCUT2D eigenvalue weighted by Crippen LogP contribution is -2.25. The predicted octanol–water partition coefficient (Wildman–Crippen LogP) is 4.30. The van der Waals surface area contributed by atoms with Gasteiger partial charge in [0.15, 0.2) is 5.82 Å². The van der Waals surface area contributed by atoms with E-state index in [4.69, 9.17) is 0 Å². The molecular weight excluding hydrogens is 298 g/mol. The van der Waals surface area contributed by atoms with Crippen LogP contribution >= 0.6 is 0 Å². The monoisotopic (exact) mass is 317 g/mol. The lowest BCUT2D eigenvalue weighted by Gasteiger charge is -2.30. The number of amides is 1. The van der Waals surface area contributed by atoms with Crippen LogP contribution in [-0.4, -0.2) is 16.1 Å².